The minimum atomic E-state index is 0.895. The Morgan fingerprint density at radius 3 is 2.15 bits per heavy atom. The fraction of sp³-hybridized carbons (Fsp3) is 0.0435. The number of benzene rings is 3. The van der Waals surface area contributed by atoms with Gasteiger partial charge >= 0.3 is 0 Å². The second-order valence-electron chi connectivity index (χ2n) is 6.41. The Balaban J connectivity index is 1.95. The summed E-state index contributed by atoms with van der Waals surface area (Å²) in [4.78, 5) is 4.96. The van der Waals surface area contributed by atoms with Gasteiger partial charge in [0.05, 0.1) is 16.6 Å². The number of rotatable bonds is 2. The van der Waals surface area contributed by atoms with Crippen molar-refractivity contribution in [3.05, 3.63) is 90.5 Å². The smallest absolute Gasteiger partial charge is 0.164 e. The summed E-state index contributed by atoms with van der Waals surface area (Å²) in [6, 6.07) is 28.8. The van der Waals surface area contributed by atoms with Crippen LogP contribution in [0.3, 0.4) is 0 Å². The number of para-hydroxylation sites is 2. The molecule has 3 nitrogen and oxygen atoms in total. The van der Waals surface area contributed by atoms with E-state index in [1.54, 1.807) is 0 Å². The molecule has 0 saturated heterocycles. The van der Waals surface area contributed by atoms with E-state index >= 15 is 0 Å². The zero-order chi connectivity index (χ0) is 17.5. The van der Waals surface area contributed by atoms with Gasteiger partial charge in [-0.15, -0.1) is 0 Å². The summed E-state index contributed by atoms with van der Waals surface area (Å²) in [7, 11) is 0. The van der Waals surface area contributed by atoms with Crippen molar-refractivity contribution in [2.45, 2.75) is 6.92 Å². The fourth-order valence-electron chi connectivity index (χ4n) is 3.54. The minimum Gasteiger partial charge on any atom is -0.228 e. The molecule has 2 aromatic heterocycles. The van der Waals surface area contributed by atoms with E-state index in [1.165, 1.54) is 10.9 Å². The van der Waals surface area contributed by atoms with Crippen molar-refractivity contribution in [2.24, 2.45) is 0 Å². The number of nitrogens with zero attached hydrogens (tertiary/aromatic N) is 3. The Labute approximate surface area is 151 Å². The molecule has 3 aromatic carbocycles. The molecule has 0 fully saturated rings. The zero-order valence-electron chi connectivity index (χ0n) is 14.4. The van der Waals surface area contributed by atoms with Gasteiger partial charge in [0.2, 0.25) is 0 Å². The van der Waals surface area contributed by atoms with E-state index in [-0.39, 0.29) is 0 Å². The van der Waals surface area contributed by atoms with Gasteiger partial charge in [-0.05, 0) is 30.7 Å². The fourth-order valence-corrected chi connectivity index (χ4v) is 3.54. The van der Waals surface area contributed by atoms with Gasteiger partial charge in [-0.3, -0.25) is 0 Å². The molecular weight excluding hydrogens is 318 g/mol. The molecule has 0 radical (unpaired) electrons. The lowest BCUT2D eigenvalue weighted by atomic mass is 10.0. The van der Waals surface area contributed by atoms with E-state index in [1.807, 2.05) is 47.1 Å². The highest BCUT2D eigenvalue weighted by molar-refractivity contribution is 6.03. The van der Waals surface area contributed by atoms with Crippen molar-refractivity contribution in [3.8, 4) is 16.9 Å². The van der Waals surface area contributed by atoms with Gasteiger partial charge in [0.1, 0.15) is 5.69 Å². The van der Waals surface area contributed by atoms with E-state index in [4.69, 9.17) is 10.1 Å². The quantitative estimate of drug-likeness (QED) is 0.423. The van der Waals surface area contributed by atoms with Crippen molar-refractivity contribution in [2.75, 3.05) is 0 Å². The van der Waals surface area contributed by atoms with E-state index in [0.717, 1.165) is 33.5 Å². The first-order valence-corrected chi connectivity index (χ1v) is 8.72. The van der Waals surface area contributed by atoms with Crippen molar-refractivity contribution in [1.82, 2.24) is 14.8 Å². The van der Waals surface area contributed by atoms with Crippen LogP contribution in [0.1, 0.15) is 5.56 Å². The number of hydrogen-bond donors (Lipinski definition) is 0. The maximum Gasteiger partial charge on any atom is 0.164 e. The van der Waals surface area contributed by atoms with Gasteiger partial charge in [-0.25, -0.2) is 9.67 Å². The predicted molar refractivity (Wildman–Crippen MR) is 107 cm³/mol. The van der Waals surface area contributed by atoms with Crippen molar-refractivity contribution >= 4 is 21.9 Å². The summed E-state index contributed by atoms with van der Waals surface area (Å²) >= 11 is 0. The first-order valence-electron chi connectivity index (χ1n) is 8.72. The predicted octanol–water partition coefficient (Wildman–Crippen LogP) is 5.55. The third-order valence-corrected chi connectivity index (χ3v) is 4.82. The lowest BCUT2D eigenvalue weighted by Gasteiger charge is -2.06. The van der Waals surface area contributed by atoms with Crippen LogP contribution in [0.4, 0.5) is 0 Å². The van der Waals surface area contributed by atoms with E-state index < -0.39 is 0 Å². The maximum absolute atomic E-state index is 4.97. The molecule has 0 N–H and O–H groups in total. The van der Waals surface area contributed by atoms with Crippen LogP contribution in [0.2, 0.25) is 0 Å². The summed E-state index contributed by atoms with van der Waals surface area (Å²) in [6.07, 6.45) is 0. The molecule has 0 aliphatic heterocycles. The Morgan fingerprint density at radius 1 is 0.731 bits per heavy atom. The standard InChI is InChI=1S/C23H17N3/c1-16-19-14-8-9-15-20(19)24-23-21(16)22(17-10-4-2-5-11-17)25-26(23)18-12-6-3-7-13-18/h2-15H,1H3. The monoisotopic (exact) mass is 335 g/mol. The highest BCUT2D eigenvalue weighted by Gasteiger charge is 2.18. The number of hydrogen-bond acceptors (Lipinski definition) is 2. The van der Waals surface area contributed by atoms with Crippen LogP contribution < -0.4 is 0 Å². The van der Waals surface area contributed by atoms with Gasteiger partial charge in [-0.1, -0.05) is 66.7 Å². The summed E-state index contributed by atoms with van der Waals surface area (Å²) in [5.41, 5.74) is 6.20. The third kappa shape index (κ3) is 2.21. The van der Waals surface area contributed by atoms with Crippen molar-refractivity contribution in [3.63, 3.8) is 0 Å². The lowest BCUT2D eigenvalue weighted by molar-refractivity contribution is 0.903. The number of aryl methyl sites for hydroxylation is 1. The van der Waals surface area contributed by atoms with Crippen LogP contribution in [-0.2, 0) is 0 Å². The average molecular weight is 335 g/mol. The van der Waals surface area contributed by atoms with Crippen LogP contribution in [0, 0.1) is 6.92 Å². The molecule has 5 rings (SSSR count). The molecule has 5 aromatic rings. The van der Waals surface area contributed by atoms with Gasteiger partial charge in [-0.2, -0.15) is 5.10 Å². The van der Waals surface area contributed by atoms with E-state index in [0.29, 0.717) is 0 Å². The van der Waals surface area contributed by atoms with Crippen molar-refractivity contribution < 1.29 is 0 Å². The van der Waals surface area contributed by atoms with Crippen molar-refractivity contribution in [1.29, 1.82) is 0 Å². The highest BCUT2D eigenvalue weighted by atomic mass is 15.3. The number of fused-ring (bicyclic) bond motifs is 2. The molecule has 2 heterocycles. The summed E-state index contributed by atoms with van der Waals surface area (Å²) < 4.78 is 1.96. The molecular formula is C23H17N3. The topological polar surface area (TPSA) is 30.7 Å². The largest absolute Gasteiger partial charge is 0.228 e. The van der Waals surface area contributed by atoms with Crippen LogP contribution in [0.15, 0.2) is 84.9 Å². The van der Waals surface area contributed by atoms with Gasteiger partial charge in [0, 0.05) is 10.9 Å². The highest BCUT2D eigenvalue weighted by Crippen LogP contribution is 2.34. The first-order chi connectivity index (χ1) is 12.8. The van der Waals surface area contributed by atoms with Crippen LogP contribution in [0.5, 0.6) is 0 Å². The van der Waals surface area contributed by atoms with Gasteiger partial charge in [0.15, 0.2) is 5.65 Å². The number of aromatic nitrogens is 3. The Morgan fingerprint density at radius 2 is 1.38 bits per heavy atom. The minimum absolute atomic E-state index is 0.895. The van der Waals surface area contributed by atoms with Crippen LogP contribution in [-0.4, -0.2) is 14.8 Å². The molecule has 0 spiro atoms. The SMILES string of the molecule is Cc1c2ccccc2nc2c1c(-c1ccccc1)nn2-c1ccccc1. The number of pyridine rings is 1. The van der Waals surface area contributed by atoms with Gasteiger partial charge in [0.25, 0.3) is 0 Å². The summed E-state index contributed by atoms with van der Waals surface area (Å²) in [6.45, 7) is 2.16. The molecule has 124 valence electrons. The Bertz CT molecular complexity index is 1220. The normalized spacial score (nSPS) is 11.3. The molecule has 26 heavy (non-hydrogen) atoms. The maximum atomic E-state index is 4.97. The molecule has 0 bridgehead atoms. The summed E-state index contributed by atoms with van der Waals surface area (Å²) in [5.74, 6) is 0. The lowest BCUT2D eigenvalue weighted by Crippen LogP contribution is -1.98. The molecule has 0 saturated carbocycles. The second kappa shape index (κ2) is 5.81. The molecule has 0 aliphatic rings. The van der Waals surface area contributed by atoms with Gasteiger partial charge < -0.3 is 0 Å². The zero-order valence-corrected chi connectivity index (χ0v) is 14.4. The molecule has 0 amide bonds. The Kier molecular flexibility index (Phi) is 3.32. The molecule has 3 heteroatoms. The Hall–Kier alpha value is -3.46. The van der Waals surface area contributed by atoms with E-state index in [2.05, 4.69) is 49.4 Å². The van der Waals surface area contributed by atoms with E-state index in [9.17, 15) is 0 Å². The first kappa shape index (κ1) is 14.8. The van der Waals surface area contributed by atoms with Crippen LogP contribution >= 0.6 is 0 Å². The molecule has 0 unspecified atom stereocenters. The summed E-state index contributed by atoms with van der Waals surface area (Å²) in [5, 5.41) is 7.25. The third-order valence-electron chi connectivity index (χ3n) is 4.82. The molecule has 0 atom stereocenters. The molecule has 0 aliphatic carbocycles. The average Bonchev–Trinajstić information content (AvgIpc) is 3.09. The van der Waals surface area contributed by atoms with Crippen LogP contribution in [0.25, 0.3) is 38.9 Å². The second-order valence-corrected chi connectivity index (χ2v) is 6.41.